The SMILES string of the molecule is CCCCCCCC[C@H](C)[C@@H]1CC(=O)N[C@@H](Cc2ccc3ccccc3c2)C(=O)N[C@H](C(C)C)C(=O)N[C@H]([C@@H](C)CC)C(=O)O1. The number of rotatable bonds is 13. The lowest BCUT2D eigenvalue weighted by Crippen LogP contribution is -2.58. The van der Waals surface area contributed by atoms with E-state index in [9.17, 15) is 19.2 Å². The Morgan fingerprint density at radius 1 is 0.756 bits per heavy atom. The van der Waals surface area contributed by atoms with Gasteiger partial charge in [0.2, 0.25) is 17.7 Å². The maximum Gasteiger partial charge on any atom is 0.329 e. The van der Waals surface area contributed by atoms with Crippen molar-refractivity contribution in [3.63, 3.8) is 0 Å². The number of benzene rings is 2. The molecule has 8 nitrogen and oxygen atoms in total. The van der Waals surface area contributed by atoms with Gasteiger partial charge in [0.15, 0.2) is 0 Å². The molecule has 1 heterocycles. The molecule has 1 aliphatic rings. The first-order chi connectivity index (χ1) is 21.5. The topological polar surface area (TPSA) is 114 Å². The molecule has 2 aromatic rings. The first-order valence-electron chi connectivity index (χ1n) is 17.1. The Kier molecular flexibility index (Phi) is 14.3. The summed E-state index contributed by atoms with van der Waals surface area (Å²) in [6.45, 7) is 11.7. The zero-order valence-electron chi connectivity index (χ0n) is 28.2. The van der Waals surface area contributed by atoms with Gasteiger partial charge in [0.25, 0.3) is 0 Å². The van der Waals surface area contributed by atoms with Crippen molar-refractivity contribution in [1.82, 2.24) is 16.0 Å². The third-order valence-corrected chi connectivity index (χ3v) is 9.22. The Bertz CT molecular complexity index is 1280. The van der Waals surface area contributed by atoms with Gasteiger partial charge in [0, 0.05) is 6.42 Å². The van der Waals surface area contributed by atoms with E-state index in [4.69, 9.17) is 4.74 Å². The molecular formula is C37H55N3O5. The molecule has 248 valence electrons. The highest BCUT2D eigenvalue weighted by Crippen LogP contribution is 2.23. The highest BCUT2D eigenvalue weighted by Gasteiger charge is 2.37. The quantitative estimate of drug-likeness (QED) is 0.181. The summed E-state index contributed by atoms with van der Waals surface area (Å²) >= 11 is 0. The molecule has 3 N–H and O–H groups in total. The number of amides is 3. The Morgan fingerprint density at radius 3 is 2.11 bits per heavy atom. The number of nitrogens with one attached hydrogen (secondary N) is 3. The van der Waals surface area contributed by atoms with Crippen LogP contribution in [0.1, 0.15) is 105 Å². The normalized spacial score (nSPS) is 23.2. The molecule has 0 aromatic heterocycles. The van der Waals surface area contributed by atoms with Crippen LogP contribution in [0.5, 0.6) is 0 Å². The van der Waals surface area contributed by atoms with Crippen molar-refractivity contribution in [2.45, 2.75) is 130 Å². The molecule has 2 aromatic carbocycles. The van der Waals surface area contributed by atoms with Gasteiger partial charge in [-0.15, -0.1) is 0 Å². The molecule has 1 aliphatic heterocycles. The Labute approximate surface area is 269 Å². The molecule has 1 saturated heterocycles. The lowest BCUT2D eigenvalue weighted by molar-refractivity contribution is -0.158. The van der Waals surface area contributed by atoms with Crippen LogP contribution in [0.25, 0.3) is 10.8 Å². The fourth-order valence-electron chi connectivity index (χ4n) is 5.96. The number of carbonyl (C=O) groups is 4. The predicted octanol–water partition coefficient (Wildman–Crippen LogP) is 6.24. The van der Waals surface area contributed by atoms with E-state index in [1.54, 1.807) is 0 Å². The summed E-state index contributed by atoms with van der Waals surface area (Å²) in [4.78, 5) is 54.6. The van der Waals surface area contributed by atoms with Crippen molar-refractivity contribution < 1.29 is 23.9 Å². The van der Waals surface area contributed by atoms with E-state index in [2.05, 4.69) is 22.9 Å². The Balaban J connectivity index is 1.91. The molecule has 3 amide bonds. The third-order valence-electron chi connectivity index (χ3n) is 9.22. The van der Waals surface area contributed by atoms with Gasteiger partial charge < -0.3 is 20.7 Å². The van der Waals surface area contributed by atoms with Crippen LogP contribution in [0.15, 0.2) is 42.5 Å². The van der Waals surface area contributed by atoms with Crippen LogP contribution < -0.4 is 16.0 Å². The van der Waals surface area contributed by atoms with Gasteiger partial charge in [-0.3, -0.25) is 14.4 Å². The minimum Gasteiger partial charge on any atom is -0.460 e. The lowest BCUT2D eigenvalue weighted by atomic mass is 9.93. The fraction of sp³-hybridized carbons (Fsp3) is 0.622. The fourth-order valence-corrected chi connectivity index (χ4v) is 5.96. The molecule has 45 heavy (non-hydrogen) atoms. The van der Waals surface area contributed by atoms with Crippen LogP contribution in [0.4, 0.5) is 0 Å². The summed E-state index contributed by atoms with van der Waals surface area (Å²) < 4.78 is 6.08. The monoisotopic (exact) mass is 621 g/mol. The van der Waals surface area contributed by atoms with Gasteiger partial charge in [-0.25, -0.2) is 4.79 Å². The average Bonchev–Trinajstić information content (AvgIpc) is 3.02. The van der Waals surface area contributed by atoms with E-state index < -0.39 is 42.0 Å². The summed E-state index contributed by atoms with van der Waals surface area (Å²) in [5.74, 6) is -2.29. The van der Waals surface area contributed by atoms with Crippen LogP contribution in [-0.4, -0.2) is 47.9 Å². The predicted molar refractivity (Wildman–Crippen MR) is 179 cm³/mol. The van der Waals surface area contributed by atoms with Crippen LogP contribution >= 0.6 is 0 Å². The molecule has 0 radical (unpaired) electrons. The second-order valence-corrected chi connectivity index (χ2v) is 13.3. The van der Waals surface area contributed by atoms with E-state index in [-0.39, 0.29) is 36.5 Å². The van der Waals surface area contributed by atoms with Crippen molar-refractivity contribution >= 4 is 34.5 Å². The number of hydrogen-bond acceptors (Lipinski definition) is 5. The van der Waals surface area contributed by atoms with Crippen molar-refractivity contribution in [3.05, 3.63) is 48.0 Å². The highest BCUT2D eigenvalue weighted by molar-refractivity contribution is 5.94. The largest absolute Gasteiger partial charge is 0.460 e. The molecule has 6 atom stereocenters. The van der Waals surface area contributed by atoms with E-state index in [1.807, 2.05) is 77.1 Å². The van der Waals surface area contributed by atoms with Crippen molar-refractivity contribution in [2.24, 2.45) is 17.8 Å². The van der Waals surface area contributed by atoms with Gasteiger partial charge >= 0.3 is 5.97 Å². The zero-order chi connectivity index (χ0) is 32.9. The Hall–Kier alpha value is -3.42. The van der Waals surface area contributed by atoms with Crippen LogP contribution in [-0.2, 0) is 30.3 Å². The second-order valence-electron chi connectivity index (χ2n) is 13.3. The van der Waals surface area contributed by atoms with Gasteiger partial charge in [0.1, 0.15) is 24.2 Å². The Morgan fingerprint density at radius 2 is 1.42 bits per heavy atom. The minimum absolute atomic E-state index is 0.0565. The molecule has 8 heteroatoms. The van der Waals surface area contributed by atoms with E-state index in [0.717, 1.165) is 42.0 Å². The smallest absolute Gasteiger partial charge is 0.329 e. The number of fused-ring (bicyclic) bond motifs is 1. The number of carbonyl (C=O) groups excluding carboxylic acids is 4. The second kappa shape index (κ2) is 17.9. The number of hydrogen-bond donors (Lipinski definition) is 3. The van der Waals surface area contributed by atoms with Gasteiger partial charge in [0.05, 0.1) is 6.42 Å². The summed E-state index contributed by atoms with van der Waals surface area (Å²) in [6, 6.07) is 11.3. The number of unbranched alkanes of at least 4 members (excludes halogenated alkanes) is 5. The third kappa shape index (κ3) is 10.9. The zero-order valence-corrected chi connectivity index (χ0v) is 28.2. The van der Waals surface area contributed by atoms with E-state index >= 15 is 0 Å². The minimum atomic E-state index is -0.913. The van der Waals surface area contributed by atoms with Crippen LogP contribution in [0.3, 0.4) is 0 Å². The summed E-state index contributed by atoms with van der Waals surface area (Å²) in [5.41, 5.74) is 0.889. The van der Waals surface area contributed by atoms with Crippen LogP contribution in [0.2, 0.25) is 0 Å². The van der Waals surface area contributed by atoms with Gasteiger partial charge in [-0.1, -0.05) is 129 Å². The first kappa shape index (κ1) is 36.1. The maximum absolute atomic E-state index is 13.8. The summed E-state index contributed by atoms with van der Waals surface area (Å²) in [5, 5.41) is 10.9. The molecule has 0 bridgehead atoms. The molecule has 0 spiro atoms. The van der Waals surface area contributed by atoms with Gasteiger partial charge in [-0.2, -0.15) is 0 Å². The van der Waals surface area contributed by atoms with Gasteiger partial charge in [-0.05, 0) is 40.5 Å². The number of esters is 1. The molecule has 0 aliphatic carbocycles. The summed E-state index contributed by atoms with van der Waals surface area (Å²) in [6.07, 6.45) is 7.83. The van der Waals surface area contributed by atoms with E-state index in [1.165, 1.54) is 19.3 Å². The molecular weight excluding hydrogens is 566 g/mol. The van der Waals surface area contributed by atoms with Crippen molar-refractivity contribution in [3.8, 4) is 0 Å². The maximum atomic E-state index is 13.8. The lowest BCUT2D eigenvalue weighted by Gasteiger charge is -2.30. The number of cyclic esters (lactones) is 1. The average molecular weight is 622 g/mol. The van der Waals surface area contributed by atoms with Crippen LogP contribution in [0, 0.1) is 17.8 Å². The van der Waals surface area contributed by atoms with Crippen molar-refractivity contribution in [2.75, 3.05) is 0 Å². The van der Waals surface area contributed by atoms with Crippen molar-refractivity contribution in [1.29, 1.82) is 0 Å². The molecule has 1 fully saturated rings. The summed E-state index contributed by atoms with van der Waals surface area (Å²) in [7, 11) is 0. The highest BCUT2D eigenvalue weighted by atomic mass is 16.5. The standard InChI is InChI=1S/C37H55N3O5/c1-7-9-10-11-12-13-16-26(6)31-23-32(41)38-30(22-27-19-20-28-17-14-15-18-29(28)21-27)35(42)39-33(24(3)4)36(43)40-34(25(5)8-2)37(44)45-31/h14-15,17-21,24-26,30-31,33-34H,7-13,16,22-23H2,1-6H3,(H,38,41)(H,39,42)(H,40,43)/t25-,26-,30-,31-,33+,34+/m0/s1. The molecule has 3 rings (SSSR count). The molecule has 0 saturated carbocycles. The number of ether oxygens (including phenoxy) is 1. The molecule has 0 unspecified atom stereocenters. The van der Waals surface area contributed by atoms with E-state index in [0.29, 0.717) is 6.42 Å². The first-order valence-corrected chi connectivity index (χ1v) is 17.1.